The first-order valence-corrected chi connectivity index (χ1v) is 8.24. The maximum Gasteiger partial charge on any atom is 0.271 e. The smallest absolute Gasteiger partial charge is 0.271 e. The molecule has 0 aliphatic heterocycles. The van der Waals surface area contributed by atoms with Gasteiger partial charge in [0.2, 0.25) is 0 Å². The molecule has 24 heavy (non-hydrogen) atoms. The lowest BCUT2D eigenvalue weighted by molar-refractivity contribution is 0.0955. The van der Waals surface area contributed by atoms with Gasteiger partial charge in [-0.3, -0.25) is 4.79 Å². The number of hydrogen-bond donors (Lipinski definition) is 1. The Morgan fingerprint density at radius 2 is 2.00 bits per heavy atom. The van der Waals surface area contributed by atoms with E-state index in [0.29, 0.717) is 23.7 Å². The molecule has 2 rings (SSSR count). The van der Waals surface area contributed by atoms with Gasteiger partial charge in [-0.25, -0.2) is 5.43 Å². The van der Waals surface area contributed by atoms with Crippen molar-refractivity contribution in [2.24, 2.45) is 5.10 Å². The van der Waals surface area contributed by atoms with Crippen LogP contribution in [0, 0.1) is 6.92 Å². The van der Waals surface area contributed by atoms with Crippen LogP contribution in [0.3, 0.4) is 0 Å². The first-order valence-electron chi connectivity index (χ1n) is 7.45. The highest BCUT2D eigenvalue weighted by atomic mass is 79.9. The van der Waals surface area contributed by atoms with Gasteiger partial charge in [-0.05, 0) is 59.6 Å². The van der Waals surface area contributed by atoms with Crippen molar-refractivity contribution in [2.45, 2.75) is 13.8 Å². The van der Waals surface area contributed by atoms with Crippen LogP contribution in [0.15, 0.2) is 46.0 Å². The van der Waals surface area contributed by atoms with Crippen LogP contribution < -0.4 is 14.9 Å². The fourth-order valence-electron chi connectivity index (χ4n) is 2.03. The van der Waals surface area contributed by atoms with Gasteiger partial charge in [-0.2, -0.15) is 5.10 Å². The van der Waals surface area contributed by atoms with Crippen molar-refractivity contribution in [3.63, 3.8) is 0 Å². The molecule has 0 heterocycles. The number of hydrazone groups is 1. The summed E-state index contributed by atoms with van der Waals surface area (Å²) < 4.78 is 11.6. The number of nitrogens with zero attached hydrogens (tertiary/aromatic N) is 1. The Bertz CT molecular complexity index is 743. The zero-order valence-corrected chi connectivity index (χ0v) is 15.4. The first kappa shape index (κ1) is 18.0. The van der Waals surface area contributed by atoms with E-state index >= 15 is 0 Å². The molecule has 0 bridgehead atoms. The number of carbonyl (C=O) groups is 1. The number of methoxy groups -OCH3 is 1. The average Bonchev–Trinajstić information content (AvgIpc) is 2.57. The Balaban J connectivity index is 2.10. The van der Waals surface area contributed by atoms with Gasteiger partial charge < -0.3 is 9.47 Å². The van der Waals surface area contributed by atoms with Gasteiger partial charge in [0.05, 0.1) is 24.4 Å². The van der Waals surface area contributed by atoms with Crippen LogP contribution in [-0.2, 0) is 0 Å². The lowest BCUT2D eigenvalue weighted by atomic mass is 10.1. The van der Waals surface area contributed by atoms with Gasteiger partial charge in [-0.1, -0.05) is 17.7 Å². The maximum absolute atomic E-state index is 12.0. The number of hydrogen-bond acceptors (Lipinski definition) is 4. The predicted molar refractivity (Wildman–Crippen MR) is 98.1 cm³/mol. The molecule has 1 amide bonds. The summed E-state index contributed by atoms with van der Waals surface area (Å²) in [6.45, 7) is 4.41. The molecular formula is C18H19BrN2O3. The van der Waals surface area contributed by atoms with Gasteiger partial charge in [-0.15, -0.1) is 0 Å². The fourth-order valence-corrected chi connectivity index (χ4v) is 2.61. The highest BCUT2D eigenvalue weighted by molar-refractivity contribution is 9.10. The summed E-state index contributed by atoms with van der Waals surface area (Å²) in [6.07, 6.45) is 1.55. The van der Waals surface area contributed by atoms with Crippen molar-refractivity contribution in [1.82, 2.24) is 5.43 Å². The molecule has 2 aromatic carbocycles. The normalized spacial score (nSPS) is 10.7. The van der Waals surface area contributed by atoms with Gasteiger partial charge in [0.25, 0.3) is 5.91 Å². The molecule has 0 aromatic heterocycles. The van der Waals surface area contributed by atoms with E-state index in [1.165, 1.54) is 0 Å². The van der Waals surface area contributed by atoms with E-state index in [9.17, 15) is 4.79 Å². The van der Waals surface area contributed by atoms with E-state index in [1.807, 2.05) is 32.0 Å². The quantitative estimate of drug-likeness (QED) is 0.600. The molecule has 0 unspecified atom stereocenters. The van der Waals surface area contributed by atoms with Crippen LogP contribution in [-0.4, -0.2) is 25.8 Å². The number of rotatable bonds is 6. The topological polar surface area (TPSA) is 59.9 Å². The highest BCUT2D eigenvalue weighted by Gasteiger charge is 2.10. The van der Waals surface area contributed by atoms with Crippen LogP contribution in [0.2, 0.25) is 0 Å². The second-order valence-electron chi connectivity index (χ2n) is 5.03. The van der Waals surface area contributed by atoms with Crippen LogP contribution in [0.25, 0.3) is 0 Å². The largest absolute Gasteiger partial charge is 0.493 e. The molecule has 5 nitrogen and oxygen atoms in total. The summed E-state index contributed by atoms with van der Waals surface area (Å²) in [7, 11) is 1.57. The Morgan fingerprint density at radius 3 is 2.62 bits per heavy atom. The highest BCUT2D eigenvalue weighted by Crippen LogP contribution is 2.36. The van der Waals surface area contributed by atoms with Crippen molar-refractivity contribution >= 4 is 28.1 Å². The zero-order valence-electron chi connectivity index (χ0n) is 13.8. The van der Waals surface area contributed by atoms with Crippen LogP contribution in [0.5, 0.6) is 11.5 Å². The monoisotopic (exact) mass is 390 g/mol. The Labute approximate surface area is 149 Å². The lowest BCUT2D eigenvalue weighted by Crippen LogP contribution is -2.17. The third-order valence-corrected chi connectivity index (χ3v) is 3.82. The predicted octanol–water partition coefficient (Wildman–Crippen LogP) is 3.93. The number of amides is 1. The van der Waals surface area contributed by atoms with E-state index < -0.39 is 0 Å². The average molecular weight is 391 g/mol. The van der Waals surface area contributed by atoms with Crippen molar-refractivity contribution in [2.75, 3.05) is 13.7 Å². The molecule has 0 radical (unpaired) electrons. The van der Waals surface area contributed by atoms with Crippen molar-refractivity contribution in [3.05, 3.63) is 57.6 Å². The zero-order chi connectivity index (χ0) is 17.5. The molecule has 0 aliphatic carbocycles. The molecule has 0 saturated heterocycles. The van der Waals surface area contributed by atoms with E-state index in [-0.39, 0.29) is 5.91 Å². The number of benzene rings is 2. The summed E-state index contributed by atoms with van der Waals surface area (Å²) in [5.41, 5.74) is 4.93. The Kier molecular flexibility index (Phi) is 6.37. The van der Waals surface area contributed by atoms with Crippen LogP contribution >= 0.6 is 15.9 Å². The lowest BCUT2D eigenvalue weighted by Gasteiger charge is -2.11. The molecule has 1 N–H and O–H groups in total. The van der Waals surface area contributed by atoms with E-state index in [2.05, 4.69) is 26.5 Å². The fraction of sp³-hybridized carbons (Fsp3) is 0.222. The molecule has 0 spiro atoms. The van der Waals surface area contributed by atoms with Gasteiger partial charge >= 0.3 is 0 Å². The molecule has 6 heteroatoms. The summed E-state index contributed by atoms with van der Waals surface area (Å²) in [5, 5.41) is 3.99. The standard InChI is InChI=1S/C18H19BrN2O3/c1-4-24-17-15(19)9-13(10-16(17)23-3)11-20-21-18(22)14-7-5-12(2)6-8-14/h5-11H,4H2,1-3H3,(H,21,22)/b20-11-. The Morgan fingerprint density at radius 1 is 1.29 bits per heavy atom. The molecule has 0 saturated carbocycles. The number of carbonyl (C=O) groups excluding carboxylic acids is 1. The third-order valence-electron chi connectivity index (χ3n) is 3.23. The summed E-state index contributed by atoms with van der Waals surface area (Å²) in [5.74, 6) is 0.974. The minimum absolute atomic E-state index is 0.261. The summed E-state index contributed by atoms with van der Waals surface area (Å²) in [4.78, 5) is 12.0. The van der Waals surface area contributed by atoms with E-state index in [0.717, 1.165) is 15.6 Å². The molecule has 0 fully saturated rings. The van der Waals surface area contributed by atoms with Gasteiger partial charge in [0.1, 0.15) is 0 Å². The third kappa shape index (κ3) is 4.58. The molecular weight excluding hydrogens is 372 g/mol. The van der Waals surface area contributed by atoms with Crippen molar-refractivity contribution in [3.8, 4) is 11.5 Å². The Hall–Kier alpha value is -2.34. The van der Waals surface area contributed by atoms with Gasteiger partial charge in [0, 0.05) is 5.56 Å². The number of halogens is 1. The molecule has 0 aliphatic rings. The van der Waals surface area contributed by atoms with Crippen LogP contribution in [0.1, 0.15) is 28.4 Å². The van der Waals surface area contributed by atoms with Gasteiger partial charge in [0.15, 0.2) is 11.5 Å². The van der Waals surface area contributed by atoms with E-state index in [4.69, 9.17) is 9.47 Å². The number of ether oxygens (including phenoxy) is 2. The number of aryl methyl sites for hydroxylation is 1. The molecule has 126 valence electrons. The van der Waals surface area contributed by atoms with Crippen molar-refractivity contribution < 1.29 is 14.3 Å². The second-order valence-corrected chi connectivity index (χ2v) is 5.89. The minimum atomic E-state index is -0.261. The molecule has 2 aromatic rings. The second kappa shape index (κ2) is 8.49. The van der Waals surface area contributed by atoms with E-state index in [1.54, 1.807) is 31.5 Å². The summed E-state index contributed by atoms with van der Waals surface area (Å²) in [6, 6.07) is 10.9. The number of nitrogens with one attached hydrogen (secondary N) is 1. The minimum Gasteiger partial charge on any atom is -0.493 e. The first-order chi connectivity index (χ1) is 11.5. The van der Waals surface area contributed by atoms with Crippen molar-refractivity contribution in [1.29, 1.82) is 0 Å². The van der Waals surface area contributed by atoms with Crippen LogP contribution in [0.4, 0.5) is 0 Å². The SMILES string of the molecule is CCOc1c(Br)cc(/C=N\NC(=O)c2ccc(C)cc2)cc1OC. The molecule has 0 atom stereocenters. The summed E-state index contributed by atoms with van der Waals surface area (Å²) >= 11 is 3.45. The maximum atomic E-state index is 12.0.